The molecular formula is C24H23N3O6S. The van der Waals surface area contributed by atoms with Crippen molar-refractivity contribution in [1.29, 1.82) is 0 Å². The first-order valence-corrected chi connectivity index (χ1v) is 11.9. The van der Waals surface area contributed by atoms with Gasteiger partial charge in [-0.15, -0.1) is 0 Å². The maximum Gasteiger partial charge on any atom is 0.411 e. The molecule has 1 aliphatic heterocycles. The number of anilines is 1. The largest absolute Gasteiger partial charge is 0.444 e. The van der Waals surface area contributed by atoms with E-state index in [1.807, 2.05) is 42.5 Å². The van der Waals surface area contributed by atoms with Gasteiger partial charge in [-0.25, -0.2) is 18.7 Å². The van der Waals surface area contributed by atoms with Gasteiger partial charge in [-0.2, -0.15) is 4.31 Å². The summed E-state index contributed by atoms with van der Waals surface area (Å²) in [6.45, 7) is 0.0896. The Labute approximate surface area is 197 Å². The van der Waals surface area contributed by atoms with E-state index < -0.39 is 28.1 Å². The zero-order valence-corrected chi connectivity index (χ0v) is 18.9. The third-order valence-corrected chi connectivity index (χ3v) is 7.41. The lowest BCUT2D eigenvalue weighted by atomic mass is 9.95. The maximum atomic E-state index is 13.4. The Morgan fingerprint density at radius 1 is 0.941 bits per heavy atom. The maximum absolute atomic E-state index is 13.4. The lowest BCUT2D eigenvalue weighted by Crippen LogP contribution is -2.51. The summed E-state index contributed by atoms with van der Waals surface area (Å²) in [5.74, 6) is -0.808. The molecule has 3 aromatic rings. The summed E-state index contributed by atoms with van der Waals surface area (Å²) >= 11 is 0. The monoisotopic (exact) mass is 481 g/mol. The molecule has 9 nitrogen and oxygen atoms in total. The van der Waals surface area contributed by atoms with Crippen molar-refractivity contribution in [3.05, 3.63) is 95.6 Å². The number of ether oxygens (including phenoxy) is 1. The standard InChI is InChI=1S/C24H23N3O6S/c28-23(26-30)22-14-18-8-4-5-9-19(18)15-27(22)34(31,32)21-12-10-20(11-13-21)25-24(29)33-16-17-6-2-1-3-7-17/h1-13,22,30H,14-16H2,(H,25,29)(H,26,28)/t22-/m1/s1. The molecule has 3 N–H and O–H groups in total. The molecule has 1 aliphatic rings. The molecule has 0 radical (unpaired) electrons. The SMILES string of the molecule is O=C(Nc1ccc(S(=O)(=O)N2Cc3ccccc3C[C@@H]2C(=O)NO)cc1)OCc1ccccc1. The topological polar surface area (TPSA) is 125 Å². The van der Waals surface area contributed by atoms with Gasteiger partial charge in [0, 0.05) is 12.2 Å². The van der Waals surface area contributed by atoms with Crippen LogP contribution in [0, 0.1) is 0 Å². The molecule has 1 atom stereocenters. The molecule has 2 amide bonds. The van der Waals surface area contributed by atoms with Crippen molar-refractivity contribution in [2.24, 2.45) is 0 Å². The Balaban J connectivity index is 1.48. The number of hydrogen-bond acceptors (Lipinski definition) is 6. The molecule has 0 fully saturated rings. The summed E-state index contributed by atoms with van der Waals surface area (Å²) in [4.78, 5) is 24.3. The third kappa shape index (κ3) is 5.09. The number of rotatable bonds is 6. The zero-order valence-electron chi connectivity index (χ0n) is 18.0. The molecule has 0 bridgehead atoms. The summed E-state index contributed by atoms with van der Waals surface area (Å²) in [7, 11) is -4.08. The molecule has 1 heterocycles. The van der Waals surface area contributed by atoms with E-state index >= 15 is 0 Å². The minimum Gasteiger partial charge on any atom is -0.444 e. The van der Waals surface area contributed by atoms with Crippen LogP contribution in [0.1, 0.15) is 16.7 Å². The van der Waals surface area contributed by atoms with Crippen LogP contribution in [-0.2, 0) is 39.1 Å². The molecule has 0 aliphatic carbocycles. The first-order chi connectivity index (χ1) is 16.4. The van der Waals surface area contributed by atoms with E-state index in [1.54, 1.807) is 17.6 Å². The Bertz CT molecular complexity index is 1280. The van der Waals surface area contributed by atoms with Gasteiger partial charge in [-0.05, 0) is 47.4 Å². The molecule has 0 spiro atoms. The molecule has 176 valence electrons. The van der Waals surface area contributed by atoms with Crippen molar-refractivity contribution < 1.29 is 28.0 Å². The normalized spacial score (nSPS) is 15.7. The average molecular weight is 482 g/mol. The van der Waals surface area contributed by atoms with Gasteiger partial charge in [0.2, 0.25) is 10.0 Å². The molecule has 3 aromatic carbocycles. The molecule has 0 saturated carbocycles. The number of carbonyl (C=O) groups excluding carboxylic acids is 2. The van der Waals surface area contributed by atoms with Crippen molar-refractivity contribution in [3.8, 4) is 0 Å². The molecule has 34 heavy (non-hydrogen) atoms. The average Bonchev–Trinajstić information content (AvgIpc) is 2.87. The van der Waals surface area contributed by atoms with Crippen LogP contribution in [0.3, 0.4) is 0 Å². The summed E-state index contributed by atoms with van der Waals surface area (Å²) in [6, 6.07) is 20.9. The van der Waals surface area contributed by atoms with Crippen molar-refractivity contribution in [3.63, 3.8) is 0 Å². The number of hydrogen-bond donors (Lipinski definition) is 3. The summed E-state index contributed by atoms with van der Waals surface area (Å²) in [6.07, 6.45) is -0.541. The predicted molar refractivity (Wildman–Crippen MR) is 123 cm³/mol. The second-order valence-electron chi connectivity index (χ2n) is 7.73. The van der Waals surface area contributed by atoms with Gasteiger partial charge in [0.05, 0.1) is 4.90 Å². The number of sulfonamides is 1. The van der Waals surface area contributed by atoms with Crippen LogP contribution in [0.2, 0.25) is 0 Å². The first-order valence-electron chi connectivity index (χ1n) is 10.5. The lowest BCUT2D eigenvalue weighted by molar-refractivity contribution is -0.133. The van der Waals surface area contributed by atoms with Gasteiger partial charge < -0.3 is 4.74 Å². The smallest absolute Gasteiger partial charge is 0.411 e. The predicted octanol–water partition coefficient (Wildman–Crippen LogP) is 3.06. The fourth-order valence-corrected chi connectivity index (χ4v) is 5.34. The Hall–Kier alpha value is -3.73. The van der Waals surface area contributed by atoms with Gasteiger partial charge in [0.15, 0.2) is 0 Å². The van der Waals surface area contributed by atoms with Gasteiger partial charge in [-0.3, -0.25) is 15.3 Å². The van der Waals surface area contributed by atoms with E-state index in [9.17, 15) is 18.0 Å². The van der Waals surface area contributed by atoms with Crippen LogP contribution in [0.4, 0.5) is 10.5 Å². The summed E-state index contributed by atoms with van der Waals surface area (Å²) in [5.41, 5.74) is 4.38. The fourth-order valence-electron chi connectivity index (χ4n) is 3.77. The van der Waals surface area contributed by atoms with Crippen molar-refractivity contribution in [2.45, 2.75) is 30.5 Å². The number of fused-ring (bicyclic) bond motifs is 1. The van der Waals surface area contributed by atoms with Gasteiger partial charge >= 0.3 is 6.09 Å². The molecule has 4 rings (SSSR count). The number of nitrogens with zero attached hydrogens (tertiary/aromatic N) is 1. The van der Waals surface area contributed by atoms with Crippen LogP contribution in [-0.4, -0.2) is 36.0 Å². The van der Waals surface area contributed by atoms with Crippen molar-refractivity contribution >= 4 is 27.7 Å². The summed E-state index contributed by atoms with van der Waals surface area (Å²) < 4.78 is 33.0. The number of benzene rings is 3. The van der Waals surface area contributed by atoms with Crippen LogP contribution in [0.25, 0.3) is 0 Å². The highest BCUT2D eigenvalue weighted by Crippen LogP contribution is 2.29. The highest BCUT2D eigenvalue weighted by atomic mass is 32.2. The number of nitrogens with one attached hydrogen (secondary N) is 2. The quantitative estimate of drug-likeness (QED) is 0.367. The zero-order chi connectivity index (χ0) is 24.1. The lowest BCUT2D eigenvalue weighted by Gasteiger charge is -2.34. The molecule has 0 saturated heterocycles. The minimum absolute atomic E-state index is 0.0115. The molecule has 0 aromatic heterocycles. The second-order valence-corrected chi connectivity index (χ2v) is 9.62. The van der Waals surface area contributed by atoms with Crippen molar-refractivity contribution in [1.82, 2.24) is 9.79 Å². The van der Waals surface area contributed by atoms with Crippen LogP contribution < -0.4 is 10.8 Å². The molecule has 0 unspecified atom stereocenters. The van der Waals surface area contributed by atoms with Gasteiger partial charge in [0.1, 0.15) is 12.6 Å². The first kappa shape index (κ1) is 23.4. The highest BCUT2D eigenvalue weighted by Gasteiger charge is 2.39. The van der Waals surface area contributed by atoms with E-state index in [4.69, 9.17) is 9.94 Å². The Kier molecular flexibility index (Phi) is 6.92. The van der Waals surface area contributed by atoms with Gasteiger partial charge in [0.25, 0.3) is 5.91 Å². The van der Waals surface area contributed by atoms with E-state index in [0.29, 0.717) is 5.69 Å². The van der Waals surface area contributed by atoms with Crippen LogP contribution in [0.5, 0.6) is 0 Å². The number of carbonyl (C=O) groups is 2. The molecule has 10 heteroatoms. The van der Waals surface area contributed by atoms with Crippen LogP contribution in [0.15, 0.2) is 83.8 Å². The number of amides is 2. The van der Waals surface area contributed by atoms with Gasteiger partial charge in [-0.1, -0.05) is 54.6 Å². The minimum atomic E-state index is -4.08. The van der Waals surface area contributed by atoms with Crippen molar-refractivity contribution in [2.75, 3.05) is 5.32 Å². The highest BCUT2D eigenvalue weighted by molar-refractivity contribution is 7.89. The summed E-state index contributed by atoms with van der Waals surface area (Å²) in [5, 5.41) is 11.7. The second kappa shape index (κ2) is 10.0. The third-order valence-electron chi connectivity index (χ3n) is 5.54. The van der Waals surface area contributed by atoms with E-state index in [0.717, 1.165) is 21.0 Å². The Morgan fingerprint density at radius 3 is 2.26 bits per heavy atom. The fraction of sp³-hybridized carbons (Fsp3) is 0.167. The van der Waals surface area contributed by atoms with E-state index in [2.05, 4.69) is 5.32 Å². The van der Waals surface area contributed by atoms with Crippen LogP contribution >= 0.6 is 0 Å². The molecular weight excluding hydrogens is 458 g/mol. The van der Waals surface area contributed by atoms with E-state index in [1.165, 1.54) is 24.3 Å². The van der Waals surface area contributed by atoms with E-state index in [-0.39, 0.29) is 24.5 Å². The Morgan fingerprint density at radius 2 is 1.59 bits per heavy atom. The number of hydroxylamine groups is 1.